The van der Waals surface area contributed by atoms with Gasteiger partial charge in [0.2, 0.25) is 10.0 Å². The van der Waals surface area contributed by atoms with Crippen molar-refractivity contribution in [3.63, 3.8) is 0 Å². The molecular formula is C8H18N2O2S. The molecule has 0 bridgehead atoms. The maximum absolute atomic E-state index is 11.7. The SMILES string of the molecule is CC(C)S(=O)(=O)N(C)C1CC(N)C1. The van der Waals surface area contributed by atoms with Crippen molar-refractivity contribution in [2.75, 3.05) is 7.05 Å². The minimum Gasteiger partial charge on any atom is -0.328 e. The zero-order valence-corrected chi connectivity index (χ0v) is 9.21. The second-order valence-electron chi connectivity index (χ2n) is 4.00. The fourth-order valence-electron chi connectivity index (χ4n) is 1.47. The smallest absolute Gasteiger partial charge is 0.216 e. The zero-order valence-electron chi connectivity index (χ0n) is 8.40. The van der Waals surface area contributed by atoms with E-state index in [0.29, 0.717) is 0 Å². The number of hydrogen-bond donors (Lipinski definition) is 1. The van der Waals surface area contributed by atoms with Crippen LogP contribution in [-0.2, 0) is 10.0 Å². The van der Waals surface area contributed by atoms with E-state index in [4.69, 9.17) is 5.73 Å². The van der Waals surface area contributed by atoms with Crippen molar-refractivity contribution >= 4 is 10.0 Å². The van der Waals surface area contributed by atoms with E-state index in [1.165, 1.54) is 4.31 Å². The highest BCUT2D eigenvalue weighted by molar-refractivity contribution is 7.89. The number of rotatable bonds is 3. The Morgan fingerprint density at radius 2 is 1.85 bits per heavy atom. The van der Waals surface area contributed by atoms with Crippen LogP contribution < -0.4 is 5.73 Å². The normalized spacial score (nSPS) is 29.4. The highest BCUT2D eigenvalue weighted by Crippen LogP contribution is 2.26. The van der Waals surface area contributed by atoms with Crippen molar-refractivity contribution < 1.29 is 8.42 Å². The largest absolute Gasteiger partial charge is 0.328 e. The summed E-state index contributed by atoms with van der Waals surface area (Å²) in [5, 5.41) is -0.339. The minimum atomic E-state index is -3.08. The number of nitrogens with zero attached hydrogens (tertiary/aromatic N) is 1. The van der Waals surface area contributed by atoms with Gasteiger partial charge in [-0.25, -0.2) is 12.7 Å². The Kier molecular flexibility index (Phi) is 2.99. The highest BCUT2D eigenvalue weighted by atomic mass is 32.2. The van der Waals surface area contributed by atoms with Crippen molar-refractivity contribution in [2.45, 2.75) is 44.0 Å². The molecular weight excluding hydrogens is 188 g/mol. The van der Waals surface area contributed by atoms with E-state index in [1.807, 2.05) is 0 Å². The molecule has 0 amide bonds. The molecule has 2 N–H and O–H groups in total. The predicted octanol–water partition coefficient (Wildman–Crippen LogP) is 0.146. The Bertz CT molecular complexity index is 268. The Morgan fingerprint density at radius 3 is 2.15 bits per heavy atom. The second kappa shape index (κ2) is 3.55. The molecule has 5 heteroatoms. The lowest BCUT2D eigenvalue weighted by Crippen LogP contribution is -2.52. The van der Waals surface area contributed by atoms with Gasteiger partial charge < -0.3 is 5.73 Å². The van der Waals surface area contributed by atoms with Gasteiger partial charge in [-0.2, -0.15) is 0 Å². The maximum atomic E-state index is 11.7. The molecule has 0 aromatic rings. The van der Waals surface area contributed by atoms with Crippen LogP contribution >= 0.6 is 0 Å². The van der Waals surface area contributed by atoms with Crippen LogP contribution in [-0.4, -0.2) is 37.1 Å². The van der Waals surface area contributed by atoms with Crippen molar-refractivity contribution in [1.29, 1.82) is 0 Å². The molecule has 0 unspecified atom stereocenters. The lowest BCUT2D eigenvalue weighted by molar-refractivity contribution is 0.216. The third-order valence-corrected chi connectivity index (χ3v) is 4.95. The summed E-state index contributed by atoms with van der Waals surface area (Å²) in [5.74, 6) is 0. The third kappa shape index (κ3) is 2.03. The molecule has 0 spiro atoms. The quantitative estimate of drug-likeness (QED) is 0.714. The standard InChI is InChI=1S/C8H18N2O2S/c1-6(2)13(11,12)10(3)8-4-7(9)5-8/h6-8H,4-5,9H2,1-3H3. The lowest BCUT2D eigenvalue weighted by atomic mass is 9.88. The average Bonchev–Trinajstić information content (AvgIpc) is 1.97. The highest BCUT2D eigenvalue weighted by Gasteiger charge is 2.36. The molecule has 1 rings (SSSR count). The first-order valence-corrected chi connectivity index (χ1v) is 6.08. The van der Waals surface area contributed by atoms with Crippen molar-refractivity contribution in [1.82, 2.24) is 4.31 Å². The van der Waals surface area contributed by atoms with Crippen LogP contribution in [0.3, 0.4) is 0 Å². The molecule has 0 aromatic carbocycles. The second-order valence-corrected chi connectivity index (χ2v) is 6.54. The van der Waals surface area contributed by atoms with Gasteiger partial charge in [0.25, 0.3) is 0 Å². The van der Waals surface area contributed by atoms with Gasteiger partial charge in [-0.05, 0) is 26.7 Å². The van der Waals surface area contributed by atoms with Crippen LogP contribution in [0.25, 0.3) is 0 Å². The molecule has 1 aliphatic rings. The monoisotopic (exact) mass is 206 g/mol. The van der Waals surface area contributed by atoms with Crippen molar-refractivity contribution in [3.05, 3.63) is 0 Å². The molecule has 0 heterocycles. The summed E-state index contributed by atoms with van der Waals surface area (Å²) >= 11 is 0. The molecule has 4 nitrogen and oxygen atoms in total. The van der Waals surface area contributed by atoms with Crippen molar-refractivity contribution in [3.8, 4) is 0 Å². The van der Waals surface area contributed by atoms with E-state index in [0.717, 1.165) is 12.8 Å². The molecule has 0 saturated heterocycles. The summed E-state index contributed by atoms with van der Waals surface area (Å²) in [6, 6.07) is 0.317. The van der Waals surface area contributed by atoms with E-state index in [1.54, 1.807) is 20.9 Å². The van der Waals surface area contributed by atoms with Crippen LogP contribution in [0.2, 0.25) is 0 Å². The van der Waals surface area contributed by atoms with Crippen LogP contribution in [0.1, 0.15) is 26.7 Å². The van der Waals surface area contributed by atoms with E-state index in [2.05, 4.69) is 0 Å². The van der Waals surface area contributed by atoms with E-state index in [-0.39, 0.29) is 17.3 Å². The number of nitrogens with two attached hydrogens (primary N) is 1. The molecule has 1 fully saturated rings. The van der Waals surface area contributed by atoms with Gasteiger partial charge in [0.1, 0.15) is 0 Å². The topological polar surface area (TPSA) is 63.4 Å². The lowest BCUT2D eigenvalue weighted by Gasteiger charge is -2.39. The Balaban J connectivity index is 2.63. The van der Waals surface area contributed by atoms with Crippen LogP contribution in [0.4, 0.5) is 0 Å². The zero-order chi connectivity index (χ0) is 10.2. The molecule has 0 aliphatic heterocycles. The number of hydrogen-bond acceptors (Lipinski definition) is 3. The van der Waals surface area contributed by atoms with Crippen molar-refractivity contribution in [2.24, 2.45) is 5.73 Å². The molecule has 0 atom stereocenters. The predicted molar refractivity (Wildman–Crippen MR) is 52.8 cm³/mol. The maximum Gasteiger partial charge on any atom is 0.216 e. The van der Waals surface area contributed by atoms with Gasteiger partial charge in [-0.1, -0.05) is 0 Å². The fourth-order valence-corrected chi connectivity index (χ4v) is 2.72. The van der Waals surface area contributed by atoms with Gasteiger partial charge in [0.15, 0.2) is 0 Å². The van der Waals surface area contributed by atoms with Crippen LogP contribution in [0.15, 0.2) is 0 Å². The molecule has 0 aromatic heterocycles. The van der Waals surface area contributed by atoms with Gasteiger partial charge in [0, 0.05) is 19.1 Å². The van der Waals surface area contributed by atoms with Gasteiger partial charge in [-0.15, -0.1) is 0 Å². The molecule has 1 aliphatic carbocycles. The third-order valence-electron chi connectivity index (χ3n) is 2.66. The average molecular weight is 206 g/mol. The molecule has 78 valence electrons. The van der Waals surface area contributed by atoms with Crippen LogP contribution in [0.5, 0.6) is 0 Å². The minimum absolute atomic E-state index is 0.127. The fraction of sp³-hybridized carbons (Fsp3) is 1.00. The van der Waals surface area contributed by atoms with Gasteiger partial charge in [-0.3, -0.25) is 0 Å². The van der Waals surface area contributed by atoms with Gasteiger partial charge in [0.05, 0.1) is 5.25 Å². The Labute approximate surface area is 80.1 Å². The van der Waals surface area contributed by atoms with E-state index in [9.17, 15) is 8.42 Å². The summed E-state index contributed by atoms with van der Waals surface area (Å²) in [5.41, 5.74) is 5.60. The Hall–Kier alpha value is -0.130. The van der Waals surface area contributed by atoms with Crippen LogP contribution in [0, 0.1) is 0 Å². The summed E-state index contributed by atoms with van der Waals surface area (Å²) < 4.78 is 24.8. The summed E-state index contributed by atoms with van der Waals surface area (Å²) in [6.45, 7) is 3.40. The molecule has 1 saturated carbocycles. The summed E-state index contributed by atoms with van der Waals surface area (Å²) in [6.07, 6.45) is 1.59. The molecule has 0 radical (unpaired) electrons. The van der Waals surface area contributed by atoms with Gasteiger partial charge >= 0.3 is 0 Å². The first kappa shape index (κ1) is 10.9. The number of sulfonamides is 1. The summed E-state index contributed by atoms with van der Waals surface area (Å²) in [4.78, 5) is 0. The Morgan fingerprint density at radius 1 is 1.38 bits per heavy atom. The van der Waals surface area contributed by atoms with E-state index >= 15 is 0 Å². The molecule has 13 heavy (non-hydrogen) atoms. The van der Waals surface area contributed by atoms with E-state index < -0.39 is 10.0 Å². The summed E-state index contributed by atoms with van der Waals surface area (Å²) in [7, 11) is -1.44. The first-order chi connectivity index (χ1) is 5.85. The first-order valence-electron chi connectivity index (χ1n) is 4.58.